The van der Waals surface area contributed by atoms with Crippen LogP contribution in [0.2, 0.25) is 0 Å². The lowest BCUT2D eigenvalue weighted by Gasteiger charge is -2.13. The number of anilines is 1. The number of nitrogens with zero attached hydrogens (tertiary/aromatic N) is 1. The van der Waals surface area contributed by atoms with Gasteiger partial charge in [-0.2, -0.15) is 0 Å². The quantitative estimate of drug-likeness (QED) is 0.660. The number of rotatable bonds is 0. The zero-order valence-corrected chi connectivity index (χ0v) is 7.90. The highest BCUT2D eigenvalue weighted by atomic mass is 32.1. The Balaban J connectivity index is 2.19. The molecule has 1 atom stereocenters. The molecule has 0 radical (unpaired) electrons. The van der Waals surface area contributed by atoms with Gasteiger partial charge in [0.05, 0.1) is 6.34 Å². The second kappa shape index (κ2) is 2.56. The van der Waals surface area contributed by atoms with E-state index in [9.17, 15) is 5.11 Å². The van der Waals surface area contributed by atoms with Gasteiger partial charge in [-0.15, -0.1) is 11.3 Å². The average Bonchev–Trinajstić information content (AvgIpc) is 2.62. The molecule has 68 valence electrons. The average molecular weight is 194 g/mol. The van der Waals surface area contributed by atoms with Gasteiger partial charge in [0, 0.05) is 10.4 Å². The van der Waals surface area contributed by atoms with Crippen LogP contribution in [0.25, 0.3) is 0 Å². The molecule has 4 heteroatoms. The summed E-state index contributed by atoms with van der Waals surface area (Å²) in [7, 11) is 0. The second-order valence-electron chi connectivity index (χ2n) is 3.40. The van der Waals surface area contributed by atoms with Crippen LogP contribution < -0.4 is 5.32 Å². The number of fused-ring (bicyclic) bond motifs is 3. The van der Waals surface area contributed by atoms with Crippen molar-refractivity contribution in [1.29, 1.82) is 0 Å². The minimum absolute atomic E-state index is 0.630. The summed E-state index contributed by atoms with van der Waals surface area (Å²) in [5.41, 5.74) is 2.37. The Morgan fingerprint density at radius 1 is 1.54 bits per heavy atom. The molecule has 0 saturated carbocycles. The van der Waals surface area contributed by atoms with Crippen molar-refractivity contribution in [3.05, 3.63) is 16.0 Å². The SMILES string of the molecule is OC1N=CNc2sc3c(c21)CCC3. The minimum Gasteiger partial charge on any atom is -0.368 e. The van der Waals surface area contributed by atoms with E-state index >= 15 is 0 Å². The number of aliphatic hydroxyl groups is 1. The summed E-state index contributed by atoms with van der Waals surface area (Å²) in [6, 6.07) is 0. The van der Waals surface area contributed by atoms with Crippen LogP contribution in [0.5, 0.6) is 0 Å². The van der Waals surface area contributed by atoms with Crippen LogP contribution in [0.1, 0.15) is 28.7 Å². The van der Waals surface area contributed by atoms with Crippen LogP contribution in [0, 0.1) is 0 Å². The van der Waals surface area contributed by atoms with Crippen molar-refractivity contribution >= 4 is 22.7 Å². The van der Waals surface area contributed by atoms with Gasteiger partial charge >= 0.3 is 0 Å². The third-order valence-electron chi connectivity index (χ3n) is 2.63. The summed E-state index contributed by atoms with van der Waals surface area (Å²) in [6.45, 7) is 0. The smallest absolute Gasteiger partial charge is 0.176 e. The summed E-state index contributed by atoms with van der Waals surface area (Å²) in [4.78, 5) is 5.38. The predicted molar refractivity (Wildman–Crippen MR) is 53.4 cm³/mol. The Hall–Kier alpha value is -0.870. The summed E-state index contributed by atoms with van der Waals surface area (Å²) < 4.78 is 0. The lowest BCUT2D eigenvalue weighted by Crippen LogP contribution is -2.08. The fourth-order valence-electron chi connectivity index (χ4n) is 2.05. The topological polar surface area (TPSA) is 44.6 Å². The summed E-state index contributed by atoms with van der Waals surface area (Å²) >= 11 is 1.77. The predicted octanol–water partition coefficient (Wildman–Crippen LogP) is 1.68. The molecular formula is C9H10N2OS. The molecule has 1 aliphatic carbocycles. The van der Waals surface area contributed by atoms with E-state index < -0.39 is 6.23 Å². The molecule has 0 bridgehead atoms. The van der Waals surface area contributed by atoms with Gasteiger partial charge < -0.3 is 10.4 Å². The molecular weight excluding hydrogens is 184 g/mol. The molecule has 1 unspecified atom stereocenters. The zero-order valence-electron chi connectivity index (χ0n) is 7.08. The fourth-order valence-corrected chi connectivity index (χ4v) is 3.33. The van der Waals surface area contributed by atoms with Crippen LogP contribution >= 0.6 is 11.3 Å². The summed E-state index contributed by atoms with van der Waals surface area (Å²) in [5, 5.41) is 13.9. The number of aliphatic hydroxyl groups excluding tert-OH is 1. The van der Waals surface area contributed by atoms with E-state index in [1.165, 1.54) is 23.3 Å². The molecule has 2 aliphatic rings. The van der Waals surface area contributed by atoms with E-state index in [0.717, 1.165) is 17.0 Å². The van der Waals surface area contributed by atoms with E-state index in [4.69, 9.17) is 0 Å². The third-order valence-corrected chi connectivity index (χ3v) is 3.87. The van der Waals surface area contributed by atoms with Gasteiger partial charge in [-0.05, 0) is 24.8 Å². The first kappa shape index (κ1) is 7.53. The molecule has 1 aromatic rings. The maximum atomic E-state index is 9.68. The first-order chi connectivity index (χ1) is 6.36. The molecule has 13 heavy (non-hydrogen) atoms. The second-order valence-corrected chi connectivity index (χ2v) is 4.50. The van der Waals surface area contributed by atoms with E-state index in [2.05, 4.69) is 10.3 Å². The fraction of sp³-hybridized carbons (Fsp3) is 0.444. The van der Waals surface area contributed by atoms with Gasteiger partial charge in [0.25, 0.3) is 0 Å². The molecule has 2 N–H and O–H groups in total. The van der Waals surface area contributed by atoms with Gasteiger partial charge in [0.15, 0.2) is 6.23 Å². The van der Waals surface area contributed by atoms with Crippen LogP contribution in [0.3, 0.4) is 0 Å². The number of nitrogens with one attached hydrogen (secondary N) is 1. The Kier molecular flexibility index (Phi) is 1.48. The summed E-state index contributed by atoms with van der Waals surface area (Å²) in [6.07, 6.45) is 4.45. The van der Waals surface area contributed by atoms with Gasteiger partial charge in [-0.3, -0.25) is 0 Å². The van der Waals surface area contributed by atoms with E-state index in [1.807, 2.05) is 0 Å². The number of thiophene rings is 1. The lowest BCUT2D eigenvalue weighted by molar-refractivity contribution is 0.188. The van der Waals surface area contributed by atoms with E-state index in [1.54, 1.807) is 17.7 Å². The van der Waals surface area contributed by atoms with Crippen LogP contribution in [0.15, 0.2) is 4.99 Å². The van der Waals surface area contributed by atoms with E-state index in [-0.39, 0.29) is 0 Å². The van der Waals surface area contributed by atoms with Crippen molar-refractivity contribution in [2.45, 2.75) is 25.5 Å². The van der Waals surface area contributed by atoms with Crippen molar-refractivity contribution in [3.63, 3.8) is 0 Å². The monoisotopic (exact) mass is 194 g/mol. The van der Waals surface area contributed by atoms with Crippen molar-refractivity contribution in [3.8, 4) is 0 Å². The highest BCUT2D eigenvalue weighted by Gasteiger charge is 2.27. The Morgan fingerprint density at radius 2 is 2.46 bits per heavy atom. The largest absolute Gasteiger partial charge is 0.368 e. The first-order valence-electron chi connectivity index (χ1n) is 4.47. The Morgan fingerprint density at radius 3 is 3.38 bits per heavy atom. The molecule has 0 spiro atoms. The molecule has 1 aromatic heterocycles. The zero-order chi connectivity index (χ0) is 8.84. The molecule has 0 fully saturated rings. The minimum atomic E-state index is -0.630. The van der Waals surface area contributed by atoms with Crippen molar-refractivity contribution < 1.29 is 5.11 Å². The number of aryl methyl sites for hydroxylation is 1. The Labute approximate surface area is 80.1 Å². The number of aliphatic imine (C=N–C) groups is 1. The van der Waals surface area contributed by atoms with Gasteiger partial charge in [0.2, 0.25) is 0 Å². The van der Waals surface area contributed by atoms with Crippen LogP contribution in [0.4, 0.5) is 5.00 Å². The standard InChI is InChI=1S/C9H10N2OS/c12-8-7-5-2-1-3-6(5)13-9(7)11-4-10-8/h4,8,12H,1-3H2,(H,10,11). The molecule has 3 nitrogen and oxygen atoms in total. The van der Waals surface area contributed by atoms with Gasteiger partial charge in [-0.1, -0.05) is 0 Å². The molecule has 0 aromatic carbocycles. The van der Waals surface area contributed by atoms with E-state index in [0.29, 0.717) is 0 Å². The van der Waals surface area contributed by atoms with Gasteiger partial charge in [0.1, 0.15) is 5.00 Å². The Bertz CT molecular complexity index is 383. The summed E-state index contributed by atoms with van der Waals surface area (Å²) in [5.74, 6) is 0. The number of hydrogen-bond acceptors (Lipinski definition) is 4. The van der Waals surface area contributed by atoms with Crippen molar-refractivity contribution in [2.24, 2.45) is 4.99 Å². The highest BCUT2D eigenvalue weighted by molar-refractivity contribution is 7.16. The molecule has 0 saturated heterocycles. The molecule has 0 amide bonds. The highest BCUT2D eigenvalue weighted by Crippen LogP contribution is 2.43. The number of hydrogen-bond donors (Lipinski definition) is 2. The van der Waals surface area contributed by atoms with Gasteiger partial charge in [-0.25, -0.2) is 4.99 Å². The normalized spacial score (nSPS) is 23.9. The maximum absolute atomic E-state index is 9.68. The lowest BCUT2D eigenvalue weighted by atomic mass is 10.1. The molecule has 3 rings (SSSR count). The third kappa shape index (κ3) is 0.957. The maximum Gasteiger partial charge on any atom is 0.176 e. The van der Waals surface area contributed by atoms with Crippen molar-refractivity contribution in [2.75, 3.05) is 5.32 Å². The first-order valence-corrected chi connectivity index (χ1v) is 5.28. The molecule has 2 heterocycles. The van der Waals surface area contributed by atoms with Crippen LogP contribution in [-0.2, 0) is 12.8 Å². The van der Waals surface area contributed by atoms with Crippen LogP contribution in [-0.4, -0.2) is 11.4 Å². The van der Waals surface area contributed by atoms with Crippen molar-refractivity contribution in [1.82, 2.24) is 0 Å². The molecule has 1 aliphatic heterocycles.